The average molecular weight is 235 g/mol. The molecule has 0 bridgehead atoms. The molecule has 6 heteroatoms. The molecule has 0 saturated heterocycles. The molecule has 0 aromatic carbocycles. The third kappa shape index (κ3) is 2.47. The molecule has 2 aromatic rings. The van der Waals surface area contributed by atoms with E-state index in [0.29, 0.717) is 18.0 Å². The van der Waals surface area contributed by atoms with E-state index in [9.17, 15) is 9.18 Å². The summed E-state index contributed by atoms with van der Waals surface area (Å²) in [6, 6.07) is 2.74. The molecule has 0 radical (unpaired) electrons. The number of nitrogens with zero attached hydrogens (tertiary/aromatic N) is 3. The lowest BCUT2D eigenvalue weighted by molar-refractivity contribution is 0.0526. The van der Waals surface area contributed by atoms with Gasteiger partial charge in [0.05, 0.1) is 24.6 Å². The van der Waals surface area contributed by atoms with Gasteiger partial charge < -0.3 is 4.74 Å². The zero-order valence-electron chi connectivity index (χ0n) is 9.13. The van der Waals surface area contributed by atoms with E-state index in [1.54, 1.807) is 6.92 Å². The number of esters is 1. The van der Waals surface area contributed by atoms with E-state index in [1.807, 2.05) is 0 Å². The standard InChI is InChI=1S/C11H10FN3O2/c1-2-17-11(16)8-5-14-15(7-8)10-4-3-9(12)6-13-10/h3-7H,2H2,1H3. The van der Waals surface area contributed by atoms with Crippen LogP contribution in [0.25, 0.3) is 5.82 Å². The van der Waals surface area contributed by atoms with Gasteiger partial charge >= 0.3 is 5.97 Å². The maximum Gasteiger partial charge on any atom is 0.341 e. The van der Waals surface area contributed by atoms with Crippen LogP contribution >= 0.6 is 0 Å². The first-order valence-corrected chi connectivity index (χ1v) is 5.04. The van der Waals surface area contributed by atoms with Gasteiger partial charge in [-0.2, -0.15) is 5.10 Å². The monoisotopic (exact) mass is 235 g/mol. The highest BCUT2D eigenvalue weighted by Crippen LogP contribution is 2.07. The molecule has 0 fully saturated rings. The number of aromatic nitrogens is 3. The summed E-state index contributed by atoms with van der Waals surface area (Å²) in [5, 5.41) is 3.95. The number of ether oxygens (including phenoxy) is 1. The van der Waals surface area contributed by atoms with E-state index in [1.165, 1.54) is 29.2 Å². The Hall–Kier alpha value is -2.24. The minimum atomic E-state index is -0.444. The lowest BCUT2D eigenvalue weighted by Crippen LogP contribution is -2.03. The molecule has 0 atom stereocenters. The van der Waals surface area contributed by atoms with Crippen LogP contribution in [-0.2, 0) is 4.74 Å². The summed E-state index contributed by atoms with van der Waals surface area (Å²) < 4.78 is 18.9. The molecule has 0 saturated carbocycles. The van der Waals surface area contributed by atoms with Crippen molar-refractivity contribution in [3.8, 4) is 5.82 Å². The molecule has 0 aliphatic heterocycles. The first kappa shape index (κ1) is 11.3. The second-order valence-corrected chi connectivity index (χ2v) is 3.23. The molecule has 17 heavy (non-hydrogen) atoms. The van der Waals surface area contributed by atoms with Crippen molar-refractivity contribution in [2.24, 2.45) is 0 Å². The van der Waals surface area contributed by atoms with Crippen molar-refractivity contribution in [3.63, 3.8) is 0 Å². The Labute approximate surface area is 96.9 Å². The molecule has 0 unspecified atom stereocenters. The number of carbonyl (C=O) groups excluding carboxylic acids is 1. The van der Waals surface area contributed by atoms with Crippen LogP contribution in [0, 0.1) is 5.82 Å². The van der Waals surface area contributed by atoms with E-state index in [0.717, 1.165) is 6.20 Å². The van der Waals surface area contributed by atoms with Gasteiger partial charge in [0, 0.05) is 6.20 Å². The van der Waals surface area contributed by atoms with Crippen molar-refractivity contribution in [2.45, 2.75) is 6.92 Å². The van der Waals surface area contributed by atoms with Crippen LogP contribution in [-0.4, -0.2) is 27.3 Å². The highest BCUT2D eigenvalue weighted by Gasteiger charge is 2.10. The fourth-order valence-corrected chi connectivity index (χ4v) is 1.27. The number of hydrogen-bond donors (Lipinski definition) is 0. The van der Waals surface area contributed by atoms with Gasteiger partial charge in [0.1, 0.15) is 5.82 Å². The maximum atomic E-state index is 12.7. The van der Waals surface area contributed by atoms with Crippen molar-refractivity contribution in [2.75, 3.05) is 6.61 Å². The summed E-state index contributed by atoms with van der Waals surface area (Å²) in [6.45, 7) is 2.03. The van der Waals surface area contributed by atoms with Gasteiger partial charge in [-0.3, -0.25) is 0 Å². The average Bonchev–Trinajstić information content (AvgIpc) is 2.80. The Balaban J connectivity index is 2.23. The topological polar surface area (TPSA) is 57.0 Å². The van der Waals surface area contributed by atoms with Gasteiger partial charge in [-0.25, -0.2) is 18.9 Å². The van der Waals surface area contributed by atoms with Crippen LogP contribution in [0.5, 0.6) is 0 Å². The van der Waals surface area contributed by atoms with Gasteiger partial charge in [-0.1, -0.05) is 0 Å². The summed E-state index contributed by atoms with van der Waals surface area (Å²) in [4.78, 5) is 15.2. The van der Waals surface area contributed by atoms with Gasteiger partial charge in [-0.05, 0) is 19.1 Å². The predicted molar refractivity (Wildman–Crippen MR) is 57.3 cm³/mol. The number of rotatable bonds is 3. The molecule has 0 aliphatic carbocycles. The summed E-state index contributed by atoms with van der Waals surface area (Å²) >= 11 is 0. The lowest BCUT2D eigenvalue weighted by Gasteiger charge is -1.99. The van der Waals surface area contributed by atoms with E-state index < -0.39 is 11.8 Å². The maximum absolute atomic E-state index is 12.7. The normalized spacial score (nSPS) is 10.2. The molecule has 5 nitrogen and oxygen atoms in total. The molecule has 2 aromatic heterocycles. The third-order valence-electron chi connectivity index (χ3n) is 2.04. The Kier molecular flexibility index (Phi) is 3.13. The Morgan fingerprint density at radius 1 is 1.47 bits per heavy atom. The van der Waals surface area contributed by atoms with Crippen molar-refractivity contribution in [1.29, 1.82) is 0 Å². The van der Waals surface area contributed by atoms with Crippen molar-refractivity contribution >= 4 is 5.97 Å². The largest absolute Gasteiger partial charge is 0.462 e. The lowest BCUT2D eigenvalue weighted by atomic mass is 10.4. The number of pyridine rings is 1. The number of carbonyl (C=O) groups is 1. The van der Waals surface area contributed by atoms with Gasteiger partial charge in [0.2, 0.25) is 0 Å². The zero-order chi connectivity index (χ0) is 12.3. The van der Waals surface area contributed by atoms with Crippen LogP contribution in [0.15, 0.2) is 30.7 Å². The highest BCUT2D eigenvalue weighted by molar-refractivity contribution is 5.88. The van der Waals surface area contributed by atoms with Crippen LogP contribution in [0.2, 0.25) is 0 Å². The van der Waals surface area contributed by atoms with Crippen LogP contribution in [0.3, 0.4) is 0 Å². The smallest absolute Gasteiger partial charge is 0.341 e. The van der Waals surface area contributed by atoms with Gasteiger partial charge in [0.15, 0.2) is 5.82 Å². The fraction of sp³-hybridized carbons (Fsp3) is 0.182. The van der Waals surface area contributed by atoms with Crippen molar-refractivity contribution in [1.82, 2.24) is 14.8 Å². The Morgan fingerprint density at radius 3 is 2.94 bits per heavy atom. The molecule has 0 aliphatic rings. The molecule has 0 N–H and O–H groups in total. The molecule has 0 spiro atoms. The number of hydrogen-bond acceptors (Lipinski definition) is 4. The van der Waals surface area contributed by atoms with Gasteiger partial charge in [-0.15, -0.1) is 0 Å². The Bertz CT molecular complexity index is 522. The van der Waals surface area contributed by atoms with Crippen LogP contribution in [0.1, 0.15) is 17.3 Å². The molecular weight excluding hydrogens is 225 g/mol. The predicted octanol–water partition coefficient (Wildman–Crippen LogP) is 1.58. The summed E-state index contributed by atoms with van der Waals surface area (Å²) in [5.41, 5.74) is 0.331. The van der Waals surface area contributed by atoms with E-state index in [-0.39, 0.29) is 0 Å². The molecule has 0 amide bonds. The van der Waals surface area contributed by atoms with Gasteiger partial charge in [0.25, 0.3) is 0 Å². The minimum absolute atomic E-state index is 0.304. The molecule has 2 heterocycles. The second kappa shape index (κ2) is 4.73. The first-order valence-electron chi connectivity index (χ1n) is 5.04. The van der Waals surface area contributed by atoms with E-state index >= 15 is 0 Å². The van der Waals surface area contributed by atoms with Crippen LogP contribution in [0.4, 0.5) is 4.39 Å². The van der Waals surface area contributed by atoms with E-state index in [2.05, 4.69) is 10.1 Å². The second-order valence-electron chi connectivity index (χ2n) is 3.23. The van der Waals surface area contributed by atoms with Crippen molar-refractivity contribution < 1.29 is 13.9 Å². The highest BCUT2D eigenvalue weighted by atomic mass is 19.1. The third-order valence-corrected chi connectivity index (χ3v) is 2.04. The summed E-state index contributed by atoms with van der Waals surface area (Å²) in [6.07, 6.45) is 3.95. The molecule has 2 rings (SSSR count). The number of halogens is 1. The van der Waals surface area contributed by atoms with E-state index in [4.69, 9.17) is 4.74 Å². The quantitative estimate of drug-likeness (QED) is 0.758. The van der Waals surface area contributed by atoms with Crippen LogP contribution < -0.4 is 0 Å². The molecular formula is C11H10FN3O2. The molecule has 88 valence electrons. The summed E-state index contributed by atoms with van der Waals surface area (Å²) in [5.74, 6) is -0.436. The minimum Gasteiger partial charge on any atom is -0.462 e. The first-order chi connectivity index (χ1) is 8.20. The zero-order valence-corrected chi connectivity index (χ0v) is 9.13. The fourth-order valence-electron chi connectivity index (χ4n) is 1.27. The summed E-state index contributed by atoms with van der Waals surface area (Å²) in [7, 11) is 0. The Morgan fingerprint density at radius 2 is 2.29 bits per heavy atom. The van der Waals surface area contributed by atoms with Crippen molar-refractivity contribution in [3.05, 3.63) is 42.1 Å². The SMILES string of the molecule is CCOC(=O)c1cnn(-c2ccc(F)cn2)c1.